The fraction of sp³-hybridized carbons (Fsp3) is 0.400. The largest absolute Gasteiger partial charge is 0.367 e. The van der Waals surface area contributed by atoms with Crippen LogP contribution in [-0.4, -0.2) is 17.0 Å². The molecule has 0 unspecified atom stereocenters. The third kappa shape index (κ3) is 2.89. The minimum absolute atomic E-state index is 0.243. The summed E-state index contributed by atoms with van der Waals surface area (Å²) in [4.78, 5) is 2.08. The highest BCUT2D eigenvalue weighted by atomic mass is 19.1. The molecule has 0 aliphatic carbocycles. The molecule has 0 amide bonds. The van der Waals surface area contributed by atoms with Crippen LogP contribution in [0.1, 0.15) is 38.8 Å². The summed E-state index contributed by atoms with van der Waals surface area (Å²) in [5.74, 6) is -0.349. The van der Waals surface area contributed by atoms with E-state index in [1.165, 1.54) is 18.2 Å². The van der Waals surface area contributed by atoms with Crippen molar-refractivity contribution in [1.82, 2.24) is 4.90 Å². The summed E-state index contributed by atoms with van der Waals surface area (Å²) in [6.45, 7) is 12.2. The van der Waals surface area contributed by atoms with Crippen LogP contribution < -0.4 is 0 Å². The quantitative estimate of drug-likeness (QED) is 0.808. The van der Waals surface area contributed by atoms with Gasteiger partial charge in [0, 0.05) is 23.3 Å². The second-order valence-electron chi connectivity index (χ2n) is 4.84. The van der Waals surface area contributed by atoms with E-state index in [0.29, 0.717) is 16.8 Å². The molecule has 0 aliphatic rings. The van der Waals surface area contributed by atoms with Crippen LogP contribution in [0.2, 0.25) is 0 Å². The molecule has 1 rings (SSSR count). The normalized spacial score (nSPS) is 10.6. The Kier molecular flexibility index (Phi) is 4.49. The van der Waals surface area contributed by atoms with Crippen LogP contribution in [0.25, 0.3) is 5.70 Å². The third-order valence-electron chi connectivity index (χ3n) is 2.84. The molecule has 0 spiro atoms. The molecule has 18 heavy (non-hydrogen) atoms. The molecular formula is C15H19FN2. The molecule has 0 fully saturated rings. The average Bonchev–Trinajstić information content (AvgIpc) is 2.27. The van der Waals surface area contributed by atoms with Crippen molar-refractivity contribution in [2.75, 3.05) is 0 Å². The maximum atomic E-state index is 13.3. The Morgan fingerprint density at radius 2 is 1.83 bits per heavy atom. The van der Waals surface area contributed by atoms with Crippen LogP contribution in [0.3, 0.4) is 0 Å². The Labute approximate surface area is 108 Å². The summed E-state index contributed by atoms with van der Waals surface area (Å²) in [5, 5.41) is 9.09. The van der Waals surface area contributed by atoms with Gasteiger partial charge in [0.2, 0.25) is 0 Å². The molecule has 0 saturated carbocycles. The lowest BCUT2D eigenvalue weighted by atomic mass is 10.0. The molecule has 1 aromatic carbocycles. The summed E-state index contributed by atoms with van der Waals surface area (Å²) < 4.78 is 13.3. The van der Waals surface area contributed by atoms with E-state index < -0.39 is 0 Å². The van der Waals surface area contributed by atoms with Crippen molar-refractivity contribution in [2.45, 2.75) is 39.8 Å². The number of hydrogen-bond donors (Lipinski definition) is 0. The van der Waals surface area contributed by atoms with E-state index in [9.17, 15) is 4.39 Å². The summed E-state index contributed by atoms with van der Waals surface area (Å²) in [6, 6.07) is 6.73. The van der Waals surface area contributed by atoms with E-state index in [0.717, 1.165) is 0 Å². The molecule has 0 saturated heterocycles. The monoisotopic (exact) mass is 246 g/mol. The fourth-order valence-electron chi connectivity index (χ4n) is 2.21. The van der Waals surface area contributed by atoms with Crippen LogP contribution in [0.15, 0.2) is 24.8 Å². The van der Waals surface area contributed by atoms with E-state index >= 15 is 0 Å². The molecule has 0 atom stereocenters. The summed E-state index contributed by atoms with van der Waals surface area (Å²) in [6.07, 6.45) is 0. The molecule has 0 heterocycles. The average molecular weight is 246 g/mol. The van der Waals surface area contributed by atoms with E-state index in [4.69, 9.17) is 5.26 Å². The molecule has 0 radical (unpaired) electrons. The zero-order valence-electron chi connectivity index (χ0n) is 11.4. The highest BCUT2D eigenvalue weighted by Gasteiger charge is 2.19. The van der Waals surface area contributed by atoms with Gasteiger partial charge in [-0.25, -0.2) is 4.39 Å². The Balaban J connectivity index is 3.25. The molecule has 0 aromatic heterocycles. The third-order valence-corrected chi connectivity index (χ3v) is 2.84. The first-order valence-corrected chi connectivity index (χ1v) is 6.05. The Morgan fingerprint density at radius 3 is 2.28 bits per heavy atom. The van der Waals surface area contributed by atoms with Gasteiger partial charge in [-0.05, 0) is 45.9 Å². The maximum Gasteiger partial charge on any atom is 0.123 e. The zero-order valence-corrected chi connectivity index (χ0v) is 11.4. The van der Waals surface area contributed by atoms with Gasteiger partial charge >= 0.3 is 0 Å². The topological polar surface area (TPSA) is 27.0 Å². The van der Waals surface area contributed by atoms with Gasteiger partial charge in [0.15, 0.2) is 0 Å². The van der Waals surface area contributed by atoms with Crippen molar-refractivity contribution in [3.05, 3.63) is 41.7 Å². The number of hydrogen-bond acceptors (Lipinski definition) is 2. The highest BCUT2D eigenvalue weighted by molar-refractivity contribution is 5.68. The van der Waals surface area contributed by atoms with Crippen molar-refractivity contribution < 1.29 is 4.39 Å². The minimum Gasteiger partial charge on any atom is -0.367 e. The van der Waals surface area contributed by atoms with Gasteiger partial charge in [-0.2, -0.15) is 5.26 Å². The predicted molar refractivity (Wildman–Crippen MR) is 72.3 cm³/mol. The first kappa shape index (κ1) is 14.2. The first-order valence-electron chi connectivity index (χ1n) is 6.05. The van der Waals surface area contributed by atoms with Gasteiger partial charge in [-0.3, -0.25) is 0 Å². The van der Waals surface area contributed by atoms with Gasteiger partial charge < -0.3 is 4.90 Å². The number of rotatable bonds is 4. The van der Waals surface area contributed by atoms with Crippen LogP contribution in [0.4, 0.5) is 4.39 Å². The lowest BCUT2D eigenvalue weighted by molar-refractivity contribution is 0.274. The second kappa shape index (κ2) is 5.68. The smallest absolute Gasteiger partial charge is 0.123 e. The Hall–Kier alpha value is -1.82. The minimum atomic E-state index is -0.349. The molecular weight excluding hydrogens is 227 g/mol. The molecule has 1 aromatic rings. The zero-order chi connectivity index (χ0) is 13.9. The number of halogens is 1. The van der Waals surface area contributed by atoms with Crippen molar-refractivity contribution >= 4 is 5.70 Å². The van der Waals surface area contributed by atoms with Crippen molar-refractivity contribution in [3.8, 4) is 6.07 Å². The Morgan fingerprint density at radius 1 is 1.28 bits per heavy atom. The fourth-order valence-corrected chi connectivity index (χ4v) is 2.21. The molecule has 0 bridgehead atoms. The summed E-state index contributed by atoms with van der Waals surface area (Å²) in [7, 11) is 0. The lowest BCUT2D eigenvalue weighted by Crippen LogP contribution is -2.35. The second-order valence-corrected chi connectivity index (χ2v) is 4.84. The maximum absolute atomic E-state index is 13.3. The Bertz CT molecular complexity index is 476. The predicted octanol–water partition coefficient (Wildman–Crippen LogP) is 3.79. The standard InChI is InChI=1S/C15H19FN2/c1-10(2)18(11(3)4)12(5)15-8-14(16)7-6-13(15)9-17/h6-8,10-11H,5H2,1-4H3. The summed E-state index contributed by atoms with van der Waals surface area (Å²) in [5.41, 5.74) is 1.71. The van der Waals surface area contributed by atoms with Gasteiger partial charge in [-0.1, -0.05) is 6.58 Å². The van der Waals surface area contributed by atoms with E-state index in [-0.39, 0.29) is 17.9 Å². The number of nitrogens with zero attached hydrogens (tertiary/aromatic N) is 2. The number of nitriles is 1. The van der Waals surface area contributed by atoms with E-state index in [1.54, 1.807) is 0 Å². The molecule has 96 valence electrons. The van der Waals surface area contributed by atoms with Crippen molar-refractivity contribution in [3.63, 3.8) is 0 Å². The van der Waals surface area contributed by atoms with E-state index in [2.05, 4.69) is 45.2 Å². The van der Waals surface area contributed by atoms with Crippen LogP contribution >= 0.6 is 0 Å². The van der Waals surface area contributed by atoms with Crippen LogP contribution in [0, 0.1) is 17.1 Å². The molecule has 2 nitrogen and oxygen atoms in total. The first-order chi connectivity index (χ1) is 8.38. The molecule has 3 heteroatoms. The molecule has 0 aliphatic heterocycles. The van der Waals surface area contributed by atoms with Crippen LogP contribution in [-0.2, 0) is 0 Å². The molecule has 0 N–H and O–H groups in total. The van der Waals surface area contributed by atoms with Gasteiger partial charge in [0.25, 0.3) is 0 Å². The summed E-state index contributed by atoms with van der Waals surface area (Å²) >= 11 is 0. The highest BCUT2D eigenvalue weighted by Crippen LogP contribution is 2.25. The van der Waals surface area contributed by atoms with Gasteiger partial charge in [0.1, 0.15) is 5.82 Å². The van der Waals surface area contributed by atoms with Gasteiger partial charge in [-0.15, -0.1) is 0 Å². The SMILES string of the molecule is C=C(c1cc(F)ccc1C#N)N(C(C)C)C(C)C. The van der Waals surface area contributed by atoms with E-state index in [1.807, 2.05) is 0 Å². The van der Waals surface area contributed by atoms with Crippen molar-refractivity contribution in [2.24, 2.45) is 0 Å². The van der Waals surface area contributed by atoms with Crippen molar-refractivity contribution in [1.29, 1.82) is 5.26 Å². The lowest BCUT2D eigenvalue weighted by Gasteiger charge is -2.35. The number of benzene rings is 1. The van der Waals surface area contributed by atoms with Crippen LogP contribution in [0.5, 0.6) is 0 Å². The van der Waals surface area contributed by atoms with Gasteiger partial charge in [0.05, 0.1) is 11.6 Å².